The summed E-state index contributed by atoms with van der Waals surface area (Å²) in [5.41, 5.74) is 0.762. The van der Waals surface area contributed by atoms with Gasteiger partial charge in [0.15, 0.2) is 0 Å². The molecule has 9 nitrogen and oxygen atoms in total. The van der Waals surface area contributed by atoms with E-state index >= 15 is 0 Å². The number of morpholine rings is 1. The molecule has 1 aromatic carbocycles. The van der Waals surface area contributed by atoms with E-state index in [9.17, 15) is 19.5 Å². The first-order chi connectivity index (χ1) is 21.3. The summed E-state index contributed by atoms with van der Waals surface area (Å²) in [4.78, 5) is 51.4. The van der Waals surface area contributed by atoms with Crippen LogP contribution in [0.5, 0.6) is 0 Å². The van der Waals surface area contributed by atoms with E-state index in [0.717, 1.165) is 25.1 Å². The van der Waals surface area contributed by atoms with Gasteiger partial charge in [-0.05, 0) is 18.4 Å². The van der Waals surface area contributed by atoms with Crippen LogP contribution in [0, 0.1) is 11.8 Å². The van der Waals surface area contributed by atoms with Crippen molar-refractivity contribution in [3.63, 3.8) is 0 Å². The van der Waals surface area contributed by atoms with Crippen molar-refractivity contribution >= 4 is 45.4 Å². The lowest BCUT2D eigenvalue weighted by molar-refractivity contribution is -0.147. The molecule has 4 saturated heterocycles. The number of hydrogen-bond donors (Lipinski definition) is 1. The Bertz CT molecular complexity index is 1220. The zero-order valence-corrected chi connectivity index (χ0v) is 28.0. The standard InChI is InChI=1S/C33H45BrN4O5S/c1-4-12-36(13-5-2)30(40)26-27-31(41)38(25(22-39)23-10-8-7-9-11-23)29(33(27)21-24(34)28(26)44-33)32(42)37(14-6-3)16-15-35-17-19-43-20-18-35/h4,6-11,24-29,39H,1,3,5,12-22H2,2H3/t24?,25-,26-,27+,28-,29?,33?/m1/s1. The van der Waals surface area contributed by atoms with Gasteiger partial charge in [-0.15, -0.1) is 24.9 Å². The Labute approximate surface area is 273 Å². The Hall–Kier alpha value is -2.18. The molecule has 0 radical (unpaired) electrons. The van der Waals surface area contributed by atoms with Crippen LogP contribution in [-0.2, 0) is 19.1 Å². The van der Waals surface area contributed by atoms with Crippen LogP contribution in [0.1, 0.15) is 31.4 Å². The zero-order chi connectivity index (χ0) is 31.4. The van der Waals surface area contributed by atoms with Crippen molar-refractivity contribution in [2.75, 3.05) is 65.6 Å². The quantitative estimate of drug-likeness (QED) is 0.237. The average Bonchev–Trinajstić information content (AvgIpc) is 3.63. The zero-order valence-electron chi connectivity index (χ0n) is 25.6. The van der Waals surface area contributed by atoms with Crippen LogP contribution in [0.15, 0.2) is 55.6 Å². The molecule has 7 atom stereocenters. The Morgan fingerprint density at radius 1 is 1.14 bits per heavy atom. The van der Waals surface area contributed by atoms with Crippen LogP contribution in [0.3, 0.4) is 0 Å². The SMILES string of the molecule is C=CCN(CCN1CCOCC1)C(=O)C1N([C@H](CO)c2ccccc2)C(=O)[C@@H]2[C@@H](C(=O)N(CC=C)CCC)[C@@H]3SC12CC3Br. The Balaban J connectivity index is 1.56. The number of ether oxygens (including phenoxy) is 1. The molecule has 1 aromatic rings. The number of amides is 3. The number of rotatable bonds is 14. The number of aliphatic hydroxyl groups excluding tert-OH is 1. The number of thioether (sulfide) groups is 1. The fourth-order valence-corrected chi connectivity index (χ4v) is 11.2. The van der Waals surface area contributed by atoms with Gasteiger partial charge in [-0.2, -0.15) is 0 Å². The number of hydrogen-bond acceptors (Lipinski definition) is 7. The lowest BCUT2D eigenvalue weighted by Crippen LogP contribution is -2.57. The van der Waals surface area contributed by atoms with Crippen LogP contribution in [0.4, 0.5) is 0 Å². The van der Waals surface area contributed by atoms with Gasteiger partial charge in [0, 0.05) is 55.9 Å². The molecule has 1 spiro atoms. The second-order valence-corrected chi connectivity index (χ2v) is 14.8. The molecule has 4 fully saturated rings. The van der Waals surface area contributed by atoms with E-state index in [1.807, 2.05) is 37.3 Å². The van der Waals surface area contributed by atoms with Gasteiger partial charge in [0.25, 0.3) is 0 Å². The molecule has 4 aliphatic rings. The smallest absolute Gasteiger partial charge is 0.247 e. The second kappa shape index (κ2) is 14.5. The molecule has 1 N–H and O–H groups in total. The van der Waals surface area contributed by atoms with Gasteiger partial charge in [0.1, 0.15) is 6.04 Å². The maximum absolute atomic E-state index is 14.9. The maximum atomic E-state index is 14.9. The van der Waals surface area contributed by atoms with Crippen molar-refractivity contribution in [2.24, 2.45) is 11.8 Å². The molecule has 5 rings (SSSR count). The molecule has 11 heteroatoms. The second-order valence-electron chi connectivity index (χ2n) is 12.1. The highest BCUT2D eigenvalue weighted by molar-refractivity contribution is 9.09. The molecule has 3 amide bonds. The Morgan fingerprint density at radius 2 is 1.80 bits per heavy atom. The van der Waals surface area contributed by atoms with Gasteiger partial charge in [0.2, 0.25) is 17.7 Å². The van der Waals surface area contributed by atoms with E-state index in [1.165, 1.54) is 0 Å². The van der Waals surface area contributed by atoms with Crippen LogP contribution in [-0.4, -0.2) is 129 Å². The number of carbonyl (C=O) groups excluding carboxylic acids is 3. The summed E-state index contributed by atoms with van der Waals surface area (Å²) in [7, 11) is 0. The summed E-state index contributed by atoms with van der Waals surface area (Å²) in [6.45, 7) is 14.9. The number of aliphatic hydroxyl groups is 1. The fourth-order valence-electron chi connectivity index (χ4n) is 7.63. The lowest BCUT2D eigenvalue weighted by atomic mass is 9.70. The molecule has 3 unspecified atom stereocenters. The summed E-state index contributed by atoms with van der Waals surface area (Å²) in [5, 5.41) is 10.7. The normalized spacial score (nSPS) is 30.2. The first-order valence-electron chi connectivity index (χ1n) is 15.7. The summed E-state index contributed by atoms with van der Waals surface area (Å²) < 4.78 is 4.70. The minimum atomic E-state index is -0.839. The minimum absolute atomic E-state index is 0.0292. The van der Waals surface area contributed by atoms with Crippen LogP contribution >= 0.6 is 27.7 Å². The van der Waals surface area contributed by atoms with E-state index in [-0.39, 0.29) is 34.4 Å². The molecule has 2 bridgehead atoms. The van der Waals surface area contributed by atoms with E-state index in [4.69, 9.17) is 4.74 Å². The topological polar surface area (TPSA) is 93.6 Å². The third kappa shape index (κ3) is 6.02. The monoisotopic (exact) mass is 688 g/mol. The van der Waals surface area contributed by atoms with Crippen molar-refractivity contribution in [1.82, 2.24) is 19.6 Å². The van der Waals surface area contributed by atoms with Crippen molar-refractivity contribution in [3.8, 4) is 0 Å². The van der Waals surface area contributed by atoms with Crippen LogP contribution < -0.4 is 0 Å². The number of halogens is 1. The minimum Gasteiger partial charge on any atom is -0.394 e. The molecule has 44 heavy (non-hydrogen) atoms. The van der Waals surface area contributed by atoms with E-state index in [1.54, 1.807) is 38.6 Å². The number of nitrogens with zero attached hydrogens (tertiary/aromatic N) is 4. The number of benzene rings is 1. The largest absolute Gasteiger partial charge is 0.394 e. The first kappa shape index (κ1) is 33.2. The fraction of sp³-hybridized carbons (Fsp3) is 0.606. The molecule has 0 saturated carbocycles. The molecule has 240 valence electrons. The third-order valence-electron chi connectivity index (χ3n) is 9.54. The van der Waals surface area contributed by atoms with Crippen LogP contribution in [0.25, 0.3) is 0 Å². The predicted molar refractivity (Wildman–Crippen MR) is 176 cm³/mol. The molecule has 0 aromatic heterocycles. The van der Waals surface area contributed by atoms with Crippen molar-refractivity contribution in [1.29, 1.82) is 0 Å². The van der Waals surface area contributed by atoms with Gasteiger partial charge in [-0.3, -0.25) is 19.3 Å². The van der Waals surface area contributed by atoms with Crippen molar-refractivity contribution in [3.05, 3.63) is 61.2 Å². The van der Waals surface area contributed by atoms with Gasteiger partial charge in [0.05, 0.1) is 42.4 Å². The van der Waals surface area contributed by atoms with Gasteiger partial charge in [-0.1, -0.05) is 65.3 Å². The highest BCUT2D eigenvalue weighted by Gasteiger charge is 2.76. The number of alkyl halides is 1. The number of likely N-dealkylation sites (tertiary alicyclic amines) is 1. The van der Waals surface area contributed by atoms with Crippen molar-refractivity contribution in [2.45, 2.75) is 46.7 Å². The molecule has 4 aliphatic heterocycles. The molecule has 0 aliphatic carbocycles. The van der Waals surface area contributed by atoms with Gasteiger partial charge in [-0.25, -0.2) is 0 Å². The lowest BCUT2D eigenvalue weighted by Gasteiger charge is -2.40. The van der Waals surface area contributed by atoms with E-state index < -0.39 is 28.7 Å². The van der Waals surface area contributed by atoms with E-state index in [2.05, 4.69) is 34.0 Å². The Morgan fingerprint density at radius 3 is 2.41 bits per heavy atom. The van der Waals surface area contributed by atoms with Crippen LogP contribution in [0.2, 0.25) is 0 Å². The predicted octanol–water partition coefficient (Wildman–Crippen LogP) is 2.96. The maximum Gasteiger partial charge on any atom is 0.247 e. The first-order valence-corrected chi connectivity index (χ1v) is 17.5. The van der Waals surface area contributed by atoms with Gasteiger partial charge < -0.3 is 24.5 Å². The molecular formula is C33H45BrN4O5S. The number of fused-ring (bicyclic) bond motifs is 1. The molecular weight excluding hydrogens is 644 g/mol. The summed E-state index contributed by atoms with van der Waals surface area (Å²) >= 11 is 5.51. The third-order valence-corrected chi connectivity index (χ3v) is 12.8. The average molecular weight is 690 g/mol. The number of carbonyl (C=O) groups is 3. The summed E-state index contributed by atoms with van der Waals surface area (Å²) in [5.74, 6) is -1.67. The Kier molecular flexibility index (Phi) is 10.9. The van der Waals surface area contributed by atoms with E-state index in [0.29, 0.717) is 52.4 Å². The highest BCUT2D eigenvalue weighted by Crippen LogP contribution is 2.68. The summed E-state index contributed by atoms with van der Waals surface area (Å²) in [6.07, 6.45) is 4.83. The van der Waals surface area contributed by atoms with Crippen molar-refractivity contribution < 1.29 is 24.2 Å². The summed E-state index contributed by atoms with van der Waals surface area (Å²) in [6, 6.07) is 7.85. The molecule has 4 heterocycles. The van der Waals surface area contributed by atoms with Gasteiger partial charge >= 0.3 is 0 Å². The highest BCUT2D eigenvalue weighted by atomic mass is 79.9.